The second kappa shape index (κ2) is 2.56. The number of carboxylic acids is 1. The minimum absolute atomic E-state index is 0.0334. The molecular weight excluding hydrogens is 168 g/mol. The van der Waals surface area contributed by atoms with Gasteiger partial charge in [0.1, 0.15) is 5.78 Å². The molecule has 3 atom stereocenters. The summed E-state index contributed by atoms with van der Waals surface area (Å²) < 4.78 is 0. The fraction of sp³-hybridized carbons (Fsp3) is 0.800. The average molecular weight is 182 g/mol. The van der Waals surface area contributed by atoms with E-state index in [4.69, 9.17) is 5.11 Å². The number of fused-ring (bicyclic) bond motifs is 3. The lowest BCUT2D eigenvalue weighted by atomic mass is 9.56. The maximum atomic E-state index is 11.4. The summed E-state index contributed by atoms with van der Waals surface area (Å²) in [6.45, 7) is 1.79. The van der Waals surface area contributed by atoms with Gasteiger partial charge >= 0.3 is 5.97 Å². The minimum atomic E-state index is -0.727. The molecule has 3 aliphatic carbocycles. The number of rotatable bonds is 1. The summed E-state index contributed by atoms with van der Waals surface area (Å²) in [5, 5.41) is 9.09. The van der Waals surface area contributed by atoms with Crippen LogP contribution < -0.4 is 0 Å². The maximum Gasteiger partial charge on any atom is 0.309 e. The predicted molar refractivity (Wildman–Crippen MR) is 46.2 cm³/mol. The first-order valence-electron chi connectivity index (χ1n) is 4.80. The SMILES string of the molecule is C[C@@]1(C(=O)O)C[C@H]2CC[C@@H]1CC2=O. The van der Waals surface area contributed by atoms with E-state index in [9.17, 15) is 9.59 Å². The van der Waals surface area contributed by atoms with E-state index in [1.54, 1.807) is 6.92 Å². The van der Waals surface area contributed by atoms with Crippen molar-refractivity contribution in [2.45, 2.75) is 32.6 Å². The monoisotopic (exact) mass is 182 g/mol. The Hall–Kier alpha value is -0.860. The Bertz CT molecular complexity index is 271. The van der Waals surface area contributed by atoms with Crippen LogP contribution in [0.25, 0.3) is 0 Å². The Labute approximate surface area is 77.1 Å². The molecule has 0 unspecified atom stereocenters. The normalized spacial score (nSPS) is 43.6. The molecule has 3 nitrogen and oxygen atoms in total. The van der Waals surface area contributed by atoms with E-state index in [-0.39, 0.29) is 17.6 Å². The molecule has 0 amide bonds. The van der Waals surface area contributed by atoms with Crippen molar-refractivity contribution in [2.75, 3.05) is 0 Å². The number of hydrogen-bond donors (Lipinski definition) is 1. The fourth-order valence-electron chi connectivity index (χ4n) is 2.78. The first-order chi connectivity index (χ1) is 6.04. The zero-order valence-corrected chi connectivity index (χ0v) is 7.75. The lowest BCUT2D eigenvalue weighted by Gasteiger charge is -2.46. The minimum Gasteiger partial charge on any atom is -0.481 e. The van der Waals surface area contributed by atoms with E-state index >= 15 is 0 Å². The molecule has 0 aliphatic heterocycles. The van der Waals surface area contributed by atoms with Gasteiger partial charge in [-0.3, -0.25) is 9.59 Å². The molecule has 3 aliphatic rings. The molecule has 13 heavy (non-hydrogen) atoms. The Kier molecular flexibility index (Phi) is 1.72. The van der Waals surface area contributed by atoms with E-state index in [1.165, 1.54) is 0 Å². The number of hydrogen-bond acceptors (Lipinski definition) is 2. The van der Waals surface area contributed by atoms with Crippen molar-refractivity contribution in [2.24, 2.45) is 17.3 Å². The smallest absolute Gasteiger partial charge is 0.309 e. The Balaban J connectivity index is 2.28. The third-order valence-corrected chi connectivity index (χ3v) is 3.83. The molecule has 0 heterocycles. The van der Waals surface area contributed by atoms with Crippen LogP contribution in [0.15, 0.2) is 0 Å². The van der Waals surface area contributed by atoms with E-state index in [0.29, 0.717) is 12.8 Å². The third-order valence-electron chi connectivity index (χ3n) is 3.83. The summed E-state index contributed by atoms with van der Waals surface area (Å²) in [6, 6.07) is 0. The van der Waals surface area contributed by atoms with Crippen molar-refractivity contribution in [3.63, 3.8) is 0 Å². The highest BCUT2D eigenvalue weighted by atomic mass is 16.4. The zero-order chi connectivity index (χ0) is 9.64. The molecule has 3 saturated carbocycles. The first-order valence-corrected chi connectivity index (χ1v) is 4.80. The molecule has 3 rings (SSSR count). The van der Waals surface area contributed by atoms with Gasteiger partial charge in [-0.1, -0.05) is 0 Å². The summed E-state index contributed by atoms with van der Waals surface area (Å²) in [5.74, 6) is -0.321. The molecule has 1 N–H and O–H groups in total. The van der Waals surface area contributed by atoms with E-state index in [1.807, 2.05) is 0 Å². The fourth-order valence-corrected chi connectivity index (χ4v) is 2.78. The van der Waals surface area contributed by atoms with Crippen molar-refractivity contribution in [1.82, 2.24) is 0 Å². The standard InChI is InChI=1S/C10H14O3/c1-10(9(12)13)5-6-2-3-7(10)4-8(6)11/h6-7H,2-5H2,1H3,(H,12,13)/t6-,7-,10-/m1/s1. The molecule has 72 valence electrons. The van der Waals surface area contributed by atoms with Crippen LogP contribution in [0.5, 0.6) is 0 Å². The Morgan fingerprint density at radius 2 is 2.23 bits per heavy atom. The molecule has 0 aromatic rings. The van der Waals surface area contributed by atoms with E-state index in [2.05, 4.69) is 0 Å². The van der Waals surface area contributed by atoms with Crippen LogP contribution >= 0.6 is 0 Å². The van der Waals surface area contributed by atoms with Crippen molar-refractivity contribution < 1.29 is 14.7 Å². The largest absolute Gasteiger partial charge is 0.481 e. The molecule has 2 bridgehead atoms. The topological polar surface area (TPSA) is 54.4 Å². The van der Waals surface area contributed by atoms with Crippen LogP contribution in [0.2, 0.25) is 0 Å². The highest BCUT2D eigenvalue weighted by molar-refractivity contribution is 5.87. The van der Waals surface area contributed by atoms with Gasteiger partial charge in [0.15, 0.2) is 0 Å². The number of carbonyl (C=O) groups is 2. The molecule has 0 aromatic carbocycles. The zero-order valence-electron chi connectivity index (χ0n) is 7.75. The second-order valence-electron chi connectivity index (χ2n) is 4.57. The van der Waals surface area contributed by atoms with Gasteiger partial charge in [-0.05, 0) is 32.1 Å². The average Bonchev–Trinajstić information content (AvgIpc) is 2.07. The van der Waals surface area contributed by atoms with Gasteiger partial charge in [-0.25, -0.2) is 0 Å². The van der Waals surface area contributed by atoms with Gasteiger partial charge in [0.25, 0.3) is 0 Å². The molecular formula is C10H14O3. The quantitative estimate of drug-likeness (QED) is 0.668. The number of carboxylic acid groups (broad SMARTS) is 1. The maximum absolute atomic E-state index is 11.4. The molecule has 0 saturated heterocycles. The van der Waals surface area contributed by atoms with Gasteiger partial charge in [0.2, 0.25) is 0 Å². The second-order valence-corrected chi connectivity index (χ2v) is 4.57. The van der Waals surface area contributed by atoms with Crippen molar-refractivity contribution >= 4 is 11.8 Å². The number of carbonyl (C=O) groups excluding carboxylic acids is 1. The van der Waals surface area contributed by atoms with E-state index in [0.717, 1.165) is 12.8 Å². The number of aliphatic carboxylic acids is 1. The Morgan fingerprint density at radius 1 is 1.54 bits per heavy atom. The van der Waals surface area contributed by atoms with Crippen molar-refractivity contribution in [3.8, 4) is 0 Å². The molecule has 0 aromatic heterocycles. The van der Waals surface area contributed by atoms with Crippen LogP contribution in [0, 0.1) is 17.3 Å². The van der Waals surface area contributed by atoms with Crippen LogP contribution in [0.1, 0.15) is 32.6 Å². The lowest BCUT2D eigenvalue weighted by Crippen LogP contribution is -2.48. The van der Waals surface area contributed by atoms with Gasteiger partial charge in [-0.2, -0.15) is 0 Å². The van der Waals surface area contributed by atoms with Gasteiger partial charge in [-0.15, -0.1) is 0 Å². The summed E-state index contributed by atoms with van der Waals surface area (Å²) in [4.78, 5) is 22.4. The molecule has 0 radical (unpaired) electrons. The number of Topliss-reactive ketones (excluding diaryl/α,β-unsaturated/α-hetero) is 1. The third kappa shape index (κ3) is 1.10. The highest BCUT2D eigenvalue weighted by Gasteiger charge is 2.52. The van der Waals surface area contributed by atoms with Gasteiger partial charge < -0.3 is 5.11 Å². The molecule has 3 fully saturated rings. The summed E-state index contributed by atoms with van der Waals surface area (Å²) in [5.41, 5.74) is -0.628. The van der Waals surface area contributed by atoms with Crippen molar-refractivity contribution in [1.29, 1.82) is 0 Å². The predicted octanol–water partition coefficient (Wildman–Crippen LogP) is 1.47. The molecule has 3 heteroatoms. The highest BCUT2D eigenvalue weighted by Crippen LogP contribution is 2.50. The lowest BCUT2D eigenvalue weighted by molar-refractivity contribution is -0.161. The van der Waals surface area contributed by atoms with Crippen LogP contribution in [-0.2, 0) is 9.59 Å². The van der Waals surface area contributed by atoms with Crippen molar-refractivity contribution in [3.05, 3.63) is 0 Å². The van der Waals surface area contributed by atoms with E-state index < -0.39 is 11.4 Å². The van der Waals surface area contributed by atoms with Gasteiger partial charge in [0.05, 0.1) is 5.41 Å². The first kappa shape index (κ1) is 8.73. The van der Waals surface area contributed by atoms with Crippen LogP contribution in [-0.4, -0.2) is 16.9 Å². The van der Waals surface area contributed by atoms with Gasteiger partial charge in [0, 0.05) is 12.3 Å². The van der Waals surface area contributed by atoms with Crippen LogP contribution in [0.3, 0.4) is 0 Å². The summed E-state index contributed by atoms with van der Waals surface area (Å²) in [7, 11) is 0. The summed E-state index contributed by atoms with van der Waals surface area (Å²) >= 11 is 0. The number of ketones is 1. The van der Waals surface area contributed by atoms with Crippen LogP contribution in [0.4, 0.5) is 0 Å². The summed E-state index contributed by atoms with van der Waals surface area (Å²) in [6.07, 6.45) is 2.88. The molecule has 0 spiro atoms. The Morgan fingerprint density at radius 3 is 2.62 bits per heavy atom.